The minimum absolute atomic E-state index is 0. The van der Waals surface area contributed by atoms with Crippen molar-refractivity contribution in [1.29, 1.82) is 0 Å². The molecule has 2 unspecified atom stereocenters. The first-order valence-electron chi connectivity index (χ1n) is 8.91. The quantitative estimate of drug-likeness (QED) is 0.200. The number of likely N-dealkylation sites (N-methyl/N-ethyl adjacent to an activating group) is 1. The summed E-state index contributed by atoms with van der Waals surface area (Å²) >= 11 is 0. The van der Waals surface area contributed by atoms with Crippen LogP contribution in [0.25, 0.3) is 0 Å². The standard InChI is InChI=1S/C20H34NO6.ClH.H2/c1-10-26-16(22)15(2)13-20(5,18(24)25-9)14-19(3,4)17(23)27-12-11-21(6,7)8;;/h1,15H,11-14H2,2-9H3;2*1H/q+1;;/p-1. The number of methoxy groups -OCH3 is 1. The molecule has 0 saturated carbocycles. The van der Waals surface area contributed by atoms with Crippen LogP contribution < -0.4 is 12.4 Å². The van der Waals surface area contributed by atoms with Crippen molar-refractivity contribution in [2.75, 3.05) is 41.4 Å². The van der Waals surface area contributed by atoms with E-state index in [9.17, 15) is 14.4 Å². The Labute approximate surface area is 176 Å². The third-order valence-corrected chi connectivity index (χ3v) is 4.38. The third-order valence-electron chi connectivity index (χ3n) is 4.38. The maximum Gasteiger partial charge on any atom is 0.322 e. The molecule has 28 heavy (non-hydrogen) atoms. The highest BCUT2D eigenvalue weighted by Gasteiger charge is 2.45. The first kappa shape index (κ1) is 28.4. The molecule has 0 aromatic carbocycles. The summed E-state index contributed by atoms with van der Waals surface area (Å²) in [6.45, 7) is 7.67. The van der Waals surface area contributed by atoms with Gasteiger partial charge in [-0.1, -0.05) is 13.3 Å². The van der Waals surface area contributed by atoms with Crippen molar-refractivity contribution in [1.82, 2.24) is 0 Å². The van der Waals surface area contributed by atoms with Gasteiger partial charge < -0.3 is 31.1 Å². The highest BCUT2D eigenvalue weighted by molar-refractivity contribution is 5.81. The summed E-state index contributed by atoms with van der Waals surface area (Å²) in [5, 5.41) is 0. The van der Waals surface area contributed by atoms with Gasteiger partial charge in [0, 0.05) is 1.43 Å². The molecule has 0 heterocycles. The highest BCUT2D eigenvalue weighted by Crippen LogP contribution is 2.40. The maximum absolute atomic E-state index is 12.6. The number of carbonyl (C=O) groups is 3. The van der Waals surface area contributed by atoms with Crippen molar-refractivity contribution in [2.24, 2.45) is 16.7 Å². The lowest BCUT2D eigenvalue weighted by Crippen LogP contribution is -3.00. The van der Waals surface area contributed by atoms with E-state index >= 15 is 0 Å². The third kappa shape index (κ3) is 9.43. The lowest BCUT2D eigenvalue weighted by atomic mass is 9.70. The number of carbonyl (C=O) groups excluding carboxylic acids is 3. The van der Waals surface area contributed by atoms with Gasteiger partial charge in [0.15, 0.2) is 0 Å². The number of halogens is 1. The highest BCUT2D eigenvalue weighted by atomic mass is 35.5. The molecule has 0 aliphatic rings. The number of hydrogen-bond donors (Lipinski definition) is 0. The Kier molecular flexibility index (Phi) is 11.5. The van der Waals surface area contributed by atoms with Gasteiger partial charge in [-0.25, -0.2) is 0 Å². The molecule has 0 fully saturated rings. The van der Waals surface area contributed by atoms with E-state index in [0.717, 1.165) is 0 Å². The van der Waals surface area contributed by atoms with Gasteiger partial charge in [0.25, 0.3) is 0 Å². The average molecular weight is 422 g/mol. The van der Waals surface area contributed by atoms with E-state index < -0.39 is 34.7 Å². The van der Waals surface area contributed by atoms with Crippen molar-refractivity contribution < 1.29 is 46.9 Å². The van der Waals surface area contributed by atoms with Gasteiger partial charge in [0.2, 0.25) is 0 Å². The molecule has 0 aromatic rings. The van der Waals surface area contributed by atoms with Crippen LogP contribution in [0.1, 0.15) is 42.0 Å². The van der Waals surface area contributed by atoms with Crippen molar-refractivity contribution in [3.05, 3.63) is 0 Å². The Morgan fingerprint density at radius 1 is 1.14 bits per heavy atom. The van der Waals surface area contributed by atoms with Crippen LogP contribution in [0.15, 0.2) is 0 Å². The normalized spacial score (nSPS) is 14.5. The Hall–Kier alpha value is -1.78. The smallest absolute Gasteiger partial charge is 0.322 e. The van der Waals surface area contributed by atoms with Crippen LogP contribution in [0.2, 0.25) is 0 Å². The Morgan fingerprint density at radius 3 is 2.11 bits per heavy atom. The van der Waals surface area contributed by atoms with E-state index in [4.69, 9.17) is 15.9 Å². The summed E-state index contributed by atoms with van der Waals surface area (Å²) in [4.78, 5) is 36.8. The fourth-order valence-electron chi connectivity index (χ4n) is 3.05. The van der Waals surface area contributed by atoms with Gasteiger partial charge in [-0.3, -0.25) is 14.4 Å². The van der Waals surface area contributed by atoms with Crippen LogP contribution >= 0.6 is 0 Å². The second-order valence-corrected chi connectivity index (χ2v) is 8.91. The fourth-order valence-corrected chi connectivity index (χ4v) is 3.05. The van der Waals surface area contributed by atoms with Gasteiger partial charge in [-0.15, -0.1) is 0 Å². The second-order valence-electron chi connectivity index (χ2n) is 8.91. The SMILES string of the molecule is C#COC(=O)C(C)CC(C)(CC(C)(C)C(=O)OCC[N+](C)(C)C)C(=O)OC.[Cl-].[HH]. The lowest BCUT2D eigenvalue weighted by Gasteiger charge is -2.35. The first-order valence-corrected chi connectivity index (χ1v) is 8.91. The van der Waals surface area contributed by atoms with Crippen LogP contribution in [0.5, 0.6) is 0 Å². The average Bonchev–Trinajstić information content (AvgIpc) is 2.52. The topological polar surface area (TPSA) is 78.9 Å². The number of esters is 3. The number of hydrogen-bond acceptors (Lipinski definition) is 6. The zero-order valence-corrected chi connectivity index (χ0v) is 19.0. The number of ether oxygens (including phenoxy) is 3. The van der Waals surface area contributed by atoms with Crippen molar-refractivity contribution in [2.45, 2.75) is 40.5 Å². The van der Waals surface area contributed by atoms with E-state index in [1.54, 1.807) is 27.7 Å². The molecule has 8 heteroatoms. The molecule has 0 saturated heterocycles. The molecule has 0 aliphatic carbocycles. The molecule has 0 bridgehead atoms. The molecule has 0 aliphatic heterocycles. The van der Waals surface area contributed by atoms with Gasteiger partial charge in [0.1, 0.15) is 19.3 Å². The molecule has 2 atom stereocenters. The second kappa shape index (κ2) is 11.3. The van der Waals surface area contributed by atoms with Crippen molar-refractivity contribution in [3.63, 3.8) is 0 Å². The fraction of sp³-hybridized carbons (Fsp3) is 0.750. The molecule has 0 amide bonds. The molecule has 164 valence electrons. The van der Waals surface area contributed by atoms with Crippen molar-refractivity contribution >= 4 is 17.9 Å². The minimum Gasteiger partial charge on any atom is -1.00 e. The zero-order chi connectivity index (χ0) is 21.5. The van der Waals surface area contributed by atoms with Crippen LogP contribution in [0, 0.1) is 29.3 Å². The molecule has 0 rings (SSSR count). The van der Waals surface area contributed by atoms with Gasteiger partial charge in [-0.05, 0) is 33.6 Å². The molecule has 0 N–H and O–H groups in total. The van der Waals surface area contributed by atoms with Gasteiger partial charge in [0.05, 0.1) is 45.0 Å². The maximum atomic E-state index is 12.6. The van der Waals surface area contributed by atoms with E-state index in [1.165, 1.54) is 7.11 Å². The largest absolute Gasteiger partial charge is 1.00 e. The number of quaternary nitrogens is 1. The summed E-state index contributed by atoms with van der Waals surface area (Å²) in [5.41, 5.74) is -2.02. The minimum atomic E-state index is -1.08. The van der Waals surface area contributed by atoms with E-state index in [-0.39, 0.29) is 33.3 Å². The molecule has 0 radical (unpaired) electrons. The summed E-state index contributed by atoms with van der Waals surface area (Å²) in [7, 11) is 7.29. The predicted octanol–water partition coefficient (Wildman–Crippen LogP) is -0.758. The first-order chi connectivity index (χ1) is 12.2. The Morgan fingerprint density at radius 2 is 1.68 bits per heavy atom. The van der Waals surface area contributed by atoms with Crippen LogP contribution in [-0.2, 0) is 28.6 Å². The van der Waals surface area contributed by atoms with Crippen molar-refractivity contribution in [3.8, 4) is 12.5 Å². The van der Waals surface area contributed by atoms with E-state index in [0.29, 0.717) is 11.0 Å². The monoisotopic (exact) mass is 421 g/mol. The Bertz CT molecular complexity index is 597. The summed E-state index contributed by atoms with van der Waals surface area (Å²) in [6.07, 6.45) is 7.12. The molecular weight excluding hydrogens is 386 g/mol. The predicted molar refractivity (Wildman–Crippen MR) is 103 cm³/mol. The summed E-state index contributed by atoms with van der Waals surface area (Å²) in [6, 6.07) is 0. The van der Waals surface area contributed by atoms with Gasteiger partial charge in [-0.2, -0.15) is 0 Å². The summed E-state index contributed by atoms with van der Waals surface area (Å²) < 4.78 is 15.6. The summed E-state index contributed by atoms with van der Waals surface area (Å²) in [5.74, 6) is -2.13. The molecule has 0 aromatic heterocycles. The van der Waals surface area contributed by atoms with E-state index in [2.05, 4.69) is 4.74 Å². The Balaban J connectivity index is -0.00000338. The van der Waals surface area contributed by atoms with Crippen LogP contribution in [0.4, 0.5) is 0 Å². The van der Waals surface area contributed by atoms with Crippen LogP contribution in [0.3, 0.4) is 0 Å². The number of nitrogens with zero attached hydrogens (tertiary/aromatic N) is 1. The molecular formula is C20H36ClNO6. The zero-order valence-electron chi connectivity index (χ0n) is 18.3. The molecule has 7 nitrogen and oxygen atoms in total. The number of terminal acetylenes is 1. The molecule has 0 spiro atoms. The van der Waals surface area contributed by atoms with E-state index in [1.807, 2.05) is 27.2 Å². The van der Waals surface area contributed by atoms with Gasteiger partial charge >= 0.3 is 17.9 Å². The lowest BCUT2D eigenvalue weighted by molar-refractivity contribution is -0.870. The van der Waals surface area contributed by atoms with Crippen LogP contribution in [-0.4, -0.2) is 63.8 Å². The number of rotatable bonds is 10.